The Hall–Kier alpha value is -1.17. The maximum atomic E-state index is 11.3. The zero-order chi connectivity index (χ0) is 10.0. The lowest BCUT2D eigenvalue weighted by Crippen LogP contribution is -2.28. The third-order valence-corrected chi connectivity index (χ3v) is 2.14. The van der Waals surface area contributed by atoms with Crippen LogP contribution in [0.1, 0.15) is 13.0 Å². The molecule has 0 spiro atoms. The Morgan fingerprint density at radius 1 is 1.77 bits per heavy atom. The molecule has 70 valence electrons. The van der Waals surface area contributed by atoms with Gasteiger partial charge in [0.1, 0.15) is 6.04 Å². The Bertz CT molecular complexity index is 388. The molecule has 1 heterocycles. The first-order chi connectivity index (χ1) is 6.04. The molecule has 1 atom stereocenters. The van der Waals surface area contributed by atoms with E-state index < -0.39 is 17.6 Å². The Morgan fingerprint density at radius 3 is 2.92 bits per heavy atom. The number of hydrogen-bond donors (Lipinski definition) is 1. The molecule has 0 fully saturated rings. The van der Waals surface area contributed by atoms with E-state index >= 15 is 0 Å². The van der Waals surface area contributed by atoms with Crippen molar-refractivity contribution in [3.63, 3.8) is 0 Å². The van der Waals surface area contributed by atoms with Gasteiger partial charge in [0, 0.05) is 12.4 Å². The fourth-order valence-electron chi connectivity index (χ4n) is 0.824. The first-order valence-corrected chi connectivity index (χ1v) is 4.29. The third kappa shape index (κ3) is 1.95. The molecule has 0 aromatic carbocycles. The number of rotatable bonds is 2. The van der Waals surface area contributed by atoms with Gasteiger partial charge in [-0.25, -0.2) is 9.78 Å². The van der Waals surface area contributed by atoms with Gasteiger partial charge < -0.3 is 5.11 Å². The van der Waals surface area contributed by atoms with E-state index in [1.165, 1.54) is 19.3 Å². The van der Waals surface area contributed by atoms with Crippen molar-refractivity contribution in [3.8, 4) is 0 Å². The minimum absolute atomic E-state index is 0.114. The van der Waals surface area contributed by atoms with Gasteiger partial charge in [-0.2, -0.15) is 0 Å². The Kier molecular flexibility index (Phi) is 2.82. The van der Waals surface area contributed by atoms with Crippen LogP contribution in [0, 0.1) is 0 Å². The lowest BCUT2D eigenvalue weighted by Gasteiger charge is -2.09. The average molecular weight is 247 g/mol. The lowest BCUT2D eigenvalue weighted by atomic mass is 10.3. The smallest absolute Gasteiger partial charge is 0.326 e. The van der Waals surface area contributed by atoms with E-state index in [0.717, 1.165) is 4.57 Å². The van der Waals surface area contributed by atoms with E-state index in [-0.39, 0.29) is 4.60 Å². The van der Waals surface area contributed by atoms with E-state index in [0.29, 0.717) is 0 Å². The molecule has 1 unspecified atom stereocenters. The fraction of sp³-hybridized carbons (Fsp3) is 0.286. The van der Waals surface area contributed by atoms with Gasteiger partial charge in [0.25, 0.3) is 5.56 Å². The summed E-state index contributed by atoms with van der Waals surface area (Å²) in [7, 11) is 0. The standard InChI is InChI=1S/C7H7BrN2O3/c1-4(7(12)13)10-3-2-9-5(8)6(10)11/h2-4H,1H3,(H,12,13). The van der Waals surface area contributed by atoms with Crippen LogP contribution in [0.25, 0.3) is 0 Å². The predicted octanol–water partition coefficient (Wildman–Crippen LogP) is 0.651. The molecule has 13 heavy (non-hydrogen) atoms. The van der Waals surface area contributed by atoms with Crippen LogP contribution >= 0.6 is 15.9 Å². The van der Waals surface area contributed by atoms with Gasteiger partial charge in [0.05, 0.1) is 0 Å². The molecule has 0 aliphatic heterocycles. The summed E-state index contributed by atoms with van der Waals surface area (Å²) >= 11 is 2.93. The van der Waals surface area contributed by atoms with Crippen molar-refractivity contribution >= 4 is 21.9 Å². The molecule has 1 rings (SSSR count). The van der Waals surface area contributed by atoms with Gasteiger partial charge in [-0.3, -0.25) is 9.36 Å². The van der Waals surface area contributed by atoms with Crippen LogP contribution in [0.2, 0.25) is 0 Å². The molecule has 1 aromatic heterocycles. The molecular weight excluding hydrogens is 240 g/mol. The van der Waals surface area contributed by atoms with Gasteiger partial charge >= 0.3 is 5.97 Å². The Morgan fingerprint density at radius 2 is 2.38 bits per heavy atom. The van der Waals surface area contributed by atoms with E-state index in [9.17, 15) is 9.59 Å². The number of nitrogens with zero attached hydrogens (tertiary/aromatic N) is 2. The summed E-state index contributed by atoms with van der Waals surface area (Å²) in [5, 5.41) is 8.66. The highest BCUT2D eigenvalue weighted by Gasteiger charge is 2.15. The monoisotopic (exact) mass is 246 g/mol. The number of carbonyl (C=O) groups is 1. The molecule has 0 aliphatic carbocycles. The summed E-state index contributed by atoms with van der Waals surface area (Å²) in [4.78, 5) is 25.5. The van der Waals surface area contributed by atoms with Gasteiger partial charge in [-0.15, -0.1) is 0 Å². The van der Waals surface area contributed by atoms with Crippen molar-refractivity contribution in [2.75, 3.05) is 0 Å². The number of hydrogen-bond acceptors (Lipinski definition) is 3. The summed E-state index contributed by atoms with van der Waals surface area (Å²) in [6.07, 6.45) is 2.71. The highest BCUT2D eigenvalue weighted by atomic mass is 79.9. The summed E-state index contributed by atoms with van der Waals surface area (Å²) in [5.41, 5.74) is -0.447. The molecule has 0 amide bonds. The number of aromatic nitrogens is 2. The molecule has 0 saturated heterocycles. The van der Waals surface area contributed by atoms with Crippen LogP contribution in [0.3, 0.4) is 0 Å². The fourth-order valence-corrected chi connectivity index (χ4v) is 1.15. The largest absolute Gasteiger partial charge is 0.480 e. The molecule has 5 nitrogen and oxygen atoms in total. The van der Waals surface area contributed by atoms with Crippen molar-refractivity contribution in [1.29, 1.82) is 0 Å². The van der Waals surface area contributed by atoms with Crippen molar-refractivity contribution in [2.45, 2.75) is 13.0 Å². The highest BCUT2D eigenvalue weighted by molar-refractivity contribution is 9.10. The van der Waals surface area contributed by atoms with Crippen LogP contribution in [0.4, 0.5) is 0 Å². The van der Waals surface area contributed by atoms with Crippen LogP contribution in [0.5, 0.6) is 0 Å². The maximum Gasteiger partial charge on any atom is 0.326 e. The van der Waals surface area contributed by atoms with Crippen molar-refractivity contribution < 1.29 is 9.90 Å². The Labute approximate surface area is 82.2 Å². The zero-order valence-corrected chi connectivity index (χ0v) is 8.35. The lowest BCUT2D eigenvalue weighted by molar-refractivity contribution is -0.140. The second kappa shape index (κ2) is 3.69. The third-order valence-electron chi connectivity index (χ3n) is 1.60. The number of aliphatic carboxylic acids is 1. The Balaban J connectivity index is 3.23. The molecule has 1 aromatic rings. The minimum Gasteiger partial charge on any atom is -0.480 e. The van der Waals surface area contributed by atoms with Crippen molar-refractivity contribution in [3.05, 3.63) is 27.4 Å². The normalized spacial score (nSPS) is 12.5. The van der Waals surface area contributed by atoms with Gasteiger partial charge in [0.15, 0.2) is 4.60 Å². The van der Waals surface area contributed by atoms with E-state index in [1.807, 2.05) is 0 Å². The molecular formula is C7H7BrN2O3. The SMILES string of the molecule is CC(C(=O)O)n1ccnc(Br)c1=O. The van der Waals surface area contributed by atoms with Gasteiger partial charge in [0.2, 0.25) is 0 Å². The summed E-state index contributed by atoms with van der Waals surface area (Å²) in [6.45, 7) is 1.43. The molecule has 0 bridgehead atoms. The average Bonchev–Trinajstić information content (AvgIpc) is 2.08. The summed E-state index contributed by atoms with van der Waals surface area (Å²) < 4.78 is 1.21. The van der Waals surface area contributed by atoms with Gasteiger partial charge in [-0.05, 0) is 22.9 Å². The quantitative estimate of drug-likeness (QED) is 0.832. The van der Waals surface area contributed by atoms with E-state index in [2.05, 4.69) is 20.9 Å². The van der Waals surface area contributed by atoms with Gasteiger partial charge in [-0.1, -0.05) is 0 Å². The number of carboxylic acid groups (broad SMARTS) is 1. The molecule has 6 heteroatoms. The van der Waals surface area contributed by atoms with E-state index in [1.54, 1.807) is 0 Å². The maximum absolute atomic E-state index is 11.3. The number of halogens is 1. The van der Waals surface area contributed by atoms with Crippen LogP contribution < -0.4 is 5.56 Å². The molecule has 0 radical (unpaired) electrons. The topological polar surface area (TPSA) is 72.2 Å². The molecule has 0 saturated carbocycles. The summed E-state index contributed by atoms with van der Waals surface area (Å²) in [6, 6.07) is -0.883. The summed E-state index contributed by atoms with van der Waals surface area (Å²) in [5.74, 6) is -1.06. The van der Waals surface area contributed by atoms with Crippen molar-refractivity contribution in [2.24, 2.45) is 0 Å². The van der Waals surface area contributed by atoms with E-state index in [4.69, 9.17) is 5.11 Å². The van der Waals surface area contributed by atoms with Crippen molar-refractivity contribution in [1.82, 2.24) is 9.55 Å². The first-order valence-electron chi connectivity index (χ1n) is 3.49. The number of carboxylic acids is 1. The zero-order valence-electron chi connectivity index (χ0n) is 6.77. The highest BCUT2D eigenvalue weighted by Crippen LogP contribution is 2.03. The molecule has 0 aliphatic rings. The second-order valence-corrected chi connectivity index (χ2v) is 3.20. The first kappa shape index (κ1) is 9.91. The van der Waals surface area contributed by atoms with Crippen LogP contribution in [-0.4, -0.2) is 20.6 Å². The van der Waals surface area contributed by atoms with Crippen LogP contribution in [-0.2, 0) is 4.79 Å². The molecule has 1 N–H and O–H groups in total. The second-order valence-electron chi connectivity index (χ2n) is 2.44. The minimum atomic E-state index is -1.06. The predicted molar refractivity (Wildman–Crippen MR) is 48.5 cm³/mol. The van der Waals surface area contributed by atoms with Crippen LogP contribution in [0.15, 0.2) is 21.8 Å².